The van der Waals surface area contributed by atoms with Gasteiger partial charge in [-0.15, -0.1) is 0 Å². The number of aryl methyl sites for hydroxylation is 2. The summed E-state index contributed by atoms with van der Waals surface area (Å²) >= 11 is 0. The highest BCUT2D eigenvalue weighted by molar-refractivity contribution is 5.73. The molecule has 0 amide bonds. The Labute approximate surface area is 181 Å². The lowest BCUT2D eigenvalue weighted by atomic mass is 9.92. The van der Waals surface area contributed by atoms with E-state index in [1.165, 1.54) is 28.7 Å². The second-order valence-electron chi connectivity index (χ2n) is 8.01. The number of hydrogen-bond acceptors (Lipinski definition) is 2. The van der Waals surface area contributed by atoms with Gasteiger partial charge in [-0.1, -0.05) is 62.9 Å². The van der Waals surface area contributed by atoms with Crippen molar-refractivity contribution in [3.8, 4) is 22.6 Å². The highest BCUT2D eigenvalue weighted by Gasteiger charge is 2.14. The normalized spacial score (nSPS) is 13.9. The number of methoxy groups -OCH3 is 1. The van der Waals surface area contributed by atoms with E-state index in [2.05, 4.69) is 73.7 Å². The summed E-state index contributed by atoms with van der Waals surface area (Å²) in [6.45, 7) is 3.12. The number of ether oxygens (including phenoxy) is 2. The summed E-state index contributed by atoms with van der Waals surface area (Å²) in [5.74, 6) is 2.49. The Balaban J connectivity index is 0.00000256. The fourth-order valence-corrected chi connectivity index (χ4v) is 4.13. The molecular weight excluding hydrogens is 368 g/mol. The van der Waals surface area contributed by atoms with Gasteiger partial charge >= 0.3 is 0 Å². The van der Waals surface area contributed by atoms with Gasteiger partial charge in [0.15, 0.2) is 0 Å². The first-order valence-corrected chi connectivity index (χ1v) is 10.7. The molecule has 1 heterocycles. The Morgan fingerprint density at radius 1 is 0.967 bits per heavy atom. The van der Waals surface area contributed by atoms with Crippen molar-refractivity contribution in [2.75, 3.05) is 13.7 Å². The van der Waals surface area contributed by atoms with Gasteiger partial charge in [0.2, 0.25) is 0 Å². The van der Waals surface area contributed by atoms with E-state index in [9.17, 15) is 0 Å². The molecule has 30 heavy (non-hydrogen) atoms. The zero-order valence-corrected chi connectivity index (χ0v) is 17.5. The van der Waals surface area contributed by atoms with Crippen LogP contribution in [0.1, 0.15) is 56.2 Å². The Bertz CT molecular complexity index is 946. The number of hydrogen-bond donors (Lipinski definition) is 0. The van der Waals surface area contributed by atoms with Crippen LogP contribution in [-0.4, -0.2) is 13.7 Å². The summed E-state index contributed by atoms with van der Waals surface area (Å²) in [6, 6.07) is 24.0. The molecule has 0 spiro atoms. The van der Waals surface area contributed by atoms with Crippen molar-refractivity contribution < 1.29 is 9.47 Å². The summed E-state index contributed by atoms with van der Waals surface area (Å²) in [5.41, 5.74) is 6.38. The van der Waals surface area contributed by atoms with Gasteiger partial charge in [-0.3, -0.25) is 0 Å². The standard InChI is InChI=1S/C27H30O2.CH4/c1-20(22-8-4-3-5-9-22)11-12-21-13-16-26(28-2)25(18-21)24-15-14-23-10-6-7-17-29-27(23)19-24;/h3-5,8-9,13-16,18-20H,6-7,10-12,17H2,1-2H3;1H4/t20-;/m0./s1. The van der Waals surface area contributed by atoms with E-state index in [0.717, 1.165) is 49.4 Å². The molecule has 0 saturated heterocycles. The highest BCUT2D eigenvalue weighted by Crippen LogP contribution is 2.36. The van der Waals surface area contributed by atoms with Gasteiger partial charge in [-0.25, -0.2) is 0 Å². The van der Waals surface area contributed by atoms with E-state index in [1.807, 2.05) is 0 Å². The molecule has 1 aliphatic rings. The minimum atomic E-state index is 0. The predicted molar refractivity (Wildman–Crippen MR) is 127 cm³/mol. The molecule has 2 heteroatoms. The summed E-state index contributed by atoms with van der Waals surface area (Å²) in [5, 5.41) is 0. The number of benzene rings is 3. The molecule has 0 aliphatic carbocycles. The molecule has 0 saturated carbocycles. The molecule has 158 valence electrons. The summed E-state index contributed by atoms with van der Waals surface area (Å²) in [6.07, 6.45) is 5.61. The van der Waals surface area contributed by atoms with Gasteiger partial charge in [0.25, 0.3) is 0 Å². The smallest absolute Gasteiger partial charge is 0.126 e. The molecule has 2 nitrogen and oxygen atoms in total. The van der Waals surface area contributed by atoms with Gasteiger partial charge in [0.05, 0.1) is 13.7 Å². The van der Waals surface area contributed by atoms with Crippen molar-refractivity contribution in [3.05, 3.63) is 83.4 Å². The zero-order chi connectivity index (χ0) is 20.1. The van der Waals surface area contributed by atoms with Gasteiger partial charge in [0.1, 0.15) is 11.5 Å². The molecular formula is C28H34O2. The maximum absolute atomic E-state index is 6.00. The third-order valence-electron chi connectivity index (χ3n) is 5.97. The predicted octanol–water partition coefficient (Wildman–Crippen LogP) is 7.45. The molecule has 0 bridgehead atoms. The van der Waals surface area contributed by atoms with E-state index in [1.54, 1.807) is 7.11 Å². The van der Waals surface area contributed by atoms with Crippen LogP contribution in [0.2, 0.25) is 0 Å². The van der Waals surface area contributed by atoms with Crippen LogP contribution in [0.3, 0.4) is 0 Å². The van der Waals surface area contributed by atoms with Crippen LogP contribution in [-0.2, 0) is 12.8 Å². The third kappa shape index (κ3) is 5.05. The van der Waals surface area contributed by atoms with Crippen LogP contribution in [0.15, 0.2) is 66.7 Å². The molecule has 1 atom stereocenters. The van der Waals surface area contributed by atoms with E-state index in [4.69, 9.17) is 9.47 Å². The van der Waals surface area contributed by atoms with Gasteiger partial charge in [-0.05, 0) is 78.5 Å². The Morgan fingerprint density at radius 3 is 2.60 bits per heavy atom. The average Bonchev–Trinajstić information content (AvgIpc) is 3.02. The first-order chi connectivity index (χ1) is 14.2. The molecule has 0 unspecified atom stereocenters. The first-order valence-electron chi connectivity index (χ1n) is 10.7. The maximum Gasteiger partial charge on any atom is 0.126 e. The first kappa shape index (κ1) is 22.0. The minimum Gasteiger partial charge on any atom is -0.496 e. The lowest BCUT2D eigenvalue weighted by molar-refractivity contribution is 0.317. The Kier molecular flexibility index (Phi) is 7.57. The molecule has 0 radical (unpaired) electrons. The van der Waals surface area contributed by atoms with Crippen molar-refractivity contribution in [1.29, 1.82) is 0 Å². The van der Waals surface area contributed by atoms with Crippen molar-refractivity contribution in [2.24, 2.45) is 0 Å². The molecule has 0 fully saturated rings. The second-order valence-corrected chi connectivity index (χ2v) is 8.01. The van der Waals surface area contributed by atoms with Crippen molar-refractivity contribution in [2.45, 2.75) is 52.4 Å². The van der Waals surface area contributed by atoms with Gasteiger partial charge in [0, 0.05) is 5.56 Å². The topological polar surface area (TPSA) is 18.5 Å². The molecule has 0 N–H and O–H groups in total. The van der Waals surface area contributed by atoms with Crippen molar-refractivity contribution >= 4 is 0 Å². The number of fused-ring (bicyclic) bond motifs is 1. The highest BCUT2D eigenvalue weighted by atomic mass is 16.5. The lowest BCUT2D eigenvalue weighted by Crippen LogP contribution is -1.98. The molecule has 3 aromatic rings. The summed E-state index contributed by atoms with van der Waals surface area (Å²) < 4.78 is 11.7. The van der Waals surface area contributed by atoms with E-state index in [-0.39, 0.29) is 7.43 Å². The van der Waals surface area contributed by atoms with E-state index in [0.29, 0.717) is 5.92 Å². The summed E-state index contributed by atoms with van der Waals surface area (Å²) in [7, 11) is 1.75. The summed E-state index contributed by atoms with van der Waals surface area (Å²) in [4.78, 5) is 0. The van der Waals surface area contributed by atoms with Crippen LogP contribution in [0.4, 0.5) is 0 Å². The van der Waals surface area contributed by atoms with E-state index >= 15 is 0 Å². The van der Waals surface area contributed by atoms with Crippen molar-refractivity contribution in [1.82, 2.24) is 0 Å². The Hall–Kier alpha value is -2.74. The Morgan fingerprint density at radius 2 is 1.80 bits per heavy atom. The quantitative estimate of drug-likeness (QED) is 0.426. The van der Waals surface area contributed by atoms with Crippen LogP contribution in [0.5, 0.6) is 11.5 Å². The molecule has 3 aromatic carbocycles. The largest absolute Gasteiger partial charge is 0.496 e. The van der Waals surface area contributed by atoms with Gasteiger partial charge < -0.3 is 9.47 Å². The number of rotatable bonds is 6. The second kappa shape index (κ2) is 10.3. The van der Waals surface area contributed by atoms with Crippen LogP contribution in [0.25, 0.3) is 11.1 Å². The molecule has 4 rings (SSSR count). The fourth-order valence-electron chi connectivity index (χ4n) is 4.13. The maximum atomic E-state index is 6.00. The monoisotopic (exact) mass is 402 g/mol. The molecule has 0 aromatic heterocycles. The van der Waals surface area contributed by atoms with Crippen molar-refractivity contribution in [3.63, 3.8) is 0 Å². The fraction of sp³-hybridized carbons (Fsp3) is 0.357. The van der Waals surface area contributed by atoms with E-state index < -0.39 is 0 Å². The zero-order valence-electron chi connectivity index (χ0n) is 17.5. The third-order valence-corrected chi connectivity index (χ3v) is 5.97. The van der Waals surface area contributed by atoms with Crippen LogP contribution >= 0.6 is 0 Å². The average molecular weight is 403 g/mol. The van der Waals surface area contributed by atoms with Crippen LogP contribution in [0, 0.1) is 0 Å². The van der Waals surface area contributed by atoms with Gasteiger partial charge in [-0.2, -0.15) is 0 Å². The lowest BCUT2D eigenvalue weighted by Gasteiger charge is -2.15. The minimum absolute atomic E-state index is 0. The SMILES string of the molecule is C.COc1ccc(CC[C@H](C)c2ccccc2)cc1-c1ccc2c(c1)OCCCC2. The molecule has 1 aliphatic heterocycles. The van der Waals surface area contributed by atoms with Crippen LogP contribution < -0.4 is 9.47 Å².